The van der Waals surface area contributed by atoms with Gasteiger partial charge in [-0.15, -0.1) is 0 Å². The van der Waals surface area contributed by atoms with Gasteiger partial charge in [0, 0.05) is 6.54 Å². The highest BCUT2D eigenvalue weighted by molar-refractivity contribution is 5.43. The van der Waals surface area contributed by atoms with E-state index in [0.717, 1.165) is 5.56 Å². The van der Waals surface area contributed by atoms with Crippen LogP contribution in [0.1, 0.15) is 17.2 Å². The van der Waals surface area contributed by atoms with E-state index in [1.807, 2.05) is 0 Å². The minimum atomic E-state index is -1.02. The zero-order valence-electron chi connectivity index (χ0n) is 8.25. The summed E-state index contributed by atoms with van der Waals surface area (Å²) in [5.41, 5.74) is 6.18. The fraction of sp³-hybridized carbons (Fsp3) is 0.400. The van der Waals surface area contributed by atoms with E-state index in [1.54, 1.807) is 13.0 Å². The lowest BCUT2D eigenvalue weighted by Crippen LogP contribution is -2.14. The van der Waals surface area contributed by atoms with E-state index in [1.165, 1.54) is 13.2 Å². The van der Waals surface area contributed by atoms with Crippen LogP contribution in [-0.2, 0) is 0 Å². The minimum absolute atomic E-state index is 0.0310. The predicted molar refractivity (Wildman–Crippen MR) is 51.7 cm³/mol. The van der Waals surface area contributed by atoms with Gasteiger partial charge in [-0.05, 0) is 18.6 Å². The largest absolute Gasteiger partial charge is 0.496 e. The number of halogens is 1. The zero-order valence-corrected chi connectivity index (χ0v) is 8.25. The highest BCUT2D eigenvalue weighted by atomic mass is 19.1. The van der Waals surface area contributed by atoms with Gasteiger partial charge in [-0.1, -0.05) is 6.07 Å². The van der Waals surface area contributed by atoms with Crippen LogP contribution in [0.2, 0.25) is 0 Å². The lowest BCUT2D eigenvalue weighted by Gasteiger charge is -2.15. The summed E-state index contributed by atoms with van der Waals surface area (Å²) in [7, 11) is 1.44. The second-order valence-electron chi connectivity index (χ2n) is 3.06. The molecule has 1 aromatic carbocycles. The molecule has 0 fully saturated rings. The van der Waals surface area contributed by atoms with Crippen LogP contribution in [0.15, 0.2) is 12.1 Å². The first-order valence-electron chi connectivity index (χ1n) is 4.33. The van der Waals surface area contributed by atoms with Crippen LogP contribution in [0, 0.1) is 12.7 Å². The monoisotopic (exact) mass is 199 g/mol. The predicted octanol–water partition coefficient (Wildman–Crippen LogP) is 1.13. The Morgan fingerprint density at radius 2 is 2.21 bits per heavy atom. The Morgan fingerprint density at radius 3 is 2.71 bits per heavy atom. The van der Waals surface area contributed by atoms with Crippen molar-refractivity contribution in [2.75, 3.05) is 13.7 Å². The third-order valence-electron chi connectivity index (χ3n) is 2.10. The molecular weight excluding hydrogens is 185 g/mol. The molecule has 4 heteroatoms. The summed E-state index contributed by atoms with van der Waals surface area (Å²) in [6.07, 6.45) is -1.02. The molecule has 3 nitrogen and oxygen atoms in total. The van der Waals surface area contributed by atoms with Crippen molar-refractivity contribution in [3.05, 3.63) is 29.1 Å². The standard InChI is InChI=1S/C10H14FNO2/c1-6-3-4-7(11)9(8(13)5-12)10(6)14-2/h3-4,8,13H,5,12H2,1-2H3. The average Bonchev–Trinajstić information content (AvgIpc) is 2.19. The van der Waals surface area contributed by atoms with Crippen molar-refractivity contribution in [3.8, 4) is 5.75 Å². The van der Waals surface area contributed by atoms with Gasteiger partial charge in [0.2, 0.25) is 0 Å². The molecule has 0 aliphatic carbocycles. The fourth-order valence-electron chi connectivity index (χ4n) is 1.38. The van der Waals surface area contributed by atoms with Gasteiger partial charge in [0.25, 0.3) is 0 Å². The Bertz CT molecular complexity index is 328. The Kier molecular flexibility index (Phi) is 3.43. The molecule has 0 bridgehead atoms. The van der Waals surface area contributed by atoms with E-state index in [2.05, 4.69) is 0 Å². The first-order chi connectivity index (χ1) is 6.61. The van der Waals surface area contributed by atoms with E-state index in [4.69, 9.17) is 10.5 Å². The number of nitrogens with two attached hydrogens (primary N) is 1. The molecule has 1 unspecified atom stereocenters. The Hall–Kier alpha value is -1.13. The van der Waals surface area contributed by atoms with Crippen molar-refractivity contribution in [3.63, 3.8) is 0 Å². The van der Waals surface area contributed by atoms with Crippen molar-refractivity contribution in [1.82, 2.24) is 0 Å². The van der Waals surface area contributed by atoms with Gasteiger partial charge >= 0.3 is 0 Å². The molecule has 0 saturated heterocycles. The Balaban J connectivity index is 3.29. The van der Waals surface area contributed by atoms with Crippen molar-refractivity contribution in [1.29, 1.82) is 0 Å². The van der Waals surface area contributed by atoms with Crippen LogP contribution in [0.3, 0.4) is 0 Å². The summed E-state index contributed by atoms with van der Waals surface area (Å²) in [5.74, 6) is -0.131. The number of benzene rings is 1. The quantitative estimate of drug-likeness (QED) is 0.767. The molecule has 1 rings (SSSR count). The van der Waals surface area contributed by atoms with Crippen molar-refractivity contribution in [2.24, 2.45) is 5.73 Å². The first kappa shape index (κ1) is 10.9. The van der Waals surface area contributed by atoms with E-state index >= 15 is 0 Å². The van der Waals surface area contributed by atoms with E-state index in [9.17, 15) is 9.50 Å². The number of aliphatic hydroxyl groups is 1. The number of rotatable bonds is 3. The Labute approximate surface area is 82.3 Å². The number of hydrogen-bond acceptors (Lipinski definition) is 3. The summed E-state index contributed by atoms with van der Waals surface area (Å²) in [4.78, 5) is 0. The molecule has 1 aromatic rings. The average molecular weight is 199 g/mol. The van der Waals surface area contributed by atoms with Gasteiger partial charge in [0.15, 0.2) is 0 Å². The van der Waals surface area contributed by atoms with Crippen LogP contribution in [0.5, 0.6) is 5.75 Å². The van der Waals surface area contributed by atoms with Gasteiger partial charge in [-0.3, -0.25) is 0 Å². The van der Waals surface area contributed by atoms with Gasteiger partial charge in [0.1, 0.15) is 11.6 Å². The number of methoxy groups -OCH3 is 1. The van der Waals surface area contributed by atoms with Crippen LogP contribution in [0.4, 0.5) is 4.39 Å². The molecule has 78 valence electrons. The maximum Gasteiger partial charge on any atom is 0.132 e. The molecule has 0 heterocycles. The van der Waals surface area contributed by atoms with Crippen LogP contribution < -0.4 is 10.5 Å². The molecule has 1 atom stereocenters. The smallest absolute Gasteiger partial charge is 0.132 e. The maximum atomic E-state index is 13.4. The molecule has 0 aliphatic heterocycles. The molecule has 0 spiro atoms. The summed E-state index contributed by atoms with van der Waals surface area (Å²) in [6.45, 7) is 1.75. The summed E-state index contributed by atoms with van der Waals surface area (Å²) < 4.78 is 18.4. The third kappa shape index (κ3) is 1.86. The SMILES string of the molecule is COc1c(C)ccc(F)c1C(O)CN. The molecule has 3 N–H and O–H groups in total. The van der Waals surface area contributed by atoms with Gasteiger partial charge in [-0.2, -0.15) is 0 Å². The number of aliphatic hydroxyl groups excluding tert-OH is 1. The van der Waals surface area contributed by atoms with E-state index in [0.29, 0.717) is 5.75 Å². The minimum Gasteiger partial charge on any atom is -0.496 e. The van der Waals surface area contributed by atoms with E-state index in [-0.39, 0.29) is 12.1 Å². The maximum absolute atomic E-state index is 13.4. The van der Waals surface area contributed by atoms with Crippen LogP contribution >= 0.6 is 0 Å². The van der Waals surface area contributed by atoms with Crippen molar-refractivity contribution >= 4 is 0 Å². The molecule has 0 amide bonds. The number of ether oxygens (including phenoxy) is 1. The molecule has 0 radical (unpaired) electrons. The summed E-state index contributed by atoms with van der Waals surface area (Å²) in [6, 6.07) is 2.90. The summed E-state index contributed by atoms with van der Waals surface area (Å²) >= 11 is 0. The molecular formula is C10H14FNO2. The fourth-order valence-corrected chi connectivity index (χ4v) is 1.38. The second kappa shape index (κ2) is 4.39. The third-order valence-corrected chi connectivity index (χ3v) is 2.10. The lowest BCUT2D eigenvalue weighted by atomic mass is 10.0. The summed E-state index contributed by atoms with van der Waals surface area (Å²) in [5, 5.41) is 9.50. The normalized spacial score (nSPS) is 12.6. The molecule has 0 aliphatic rings. The first-order valence-corrected chi connectivity index (χ1v) is 4.33. The zero-order chi connectivity index (χ0) is 10.7. The van der Waals surface area contributed by atoms with Gasteiger partial charge in [0.05, 0.1) is 18.8 Å². The lowest BCUT2D eigenvalue weighted by molar-refractivity contribution is 0.176. The number of aryl methyl sites for hydroxylation is 1. The van der Waals surface area contributed by atoms with Crippen molar-refractivity contribution < 1.29 is 14.2 Å². The molecule has 14 heavy (non-hydrogen) atoms. The van der Waals surface area contributed by atoms with Crippen molar-refractivity contribution in [2.45, 2.75) is 13.0 Å². The molecule has 0 aromatic heterocycles. The number of hydrogen-bond donors (Lipinski definition) is 2. The van der Waals surface area contributed by atoms with Crippen LogP contribution in [0.25, 0.3) is 0 Å². The van der Waals surface area contributed by atoms with Gasteiger partial charge in [-0.25, -0.2) is 4.39 Å². The molecule has 0 saturated carbocycles. The van der Waals surface area contributed by atoms with Crippen LogP contribution in [-0.4, -0.2) is 18.8 Å². The van der Waals surface area contributed by atoms with E-state index < -0.39 is 11.9 Å². The highest BCUT2D eigenvalue weighted by Crippen LogP contribution is 2.30. The topological polar surface area (TPSA) is 55.5 Å². The highest BCUT2D eigenvalue weighted by Gasteiger charge is 2.18. The van der Waals surface area contributed by atoms with Gasteiger partial charge < -0.3 is 15.6 Å². The second-order valence-corrected chi connectivity index (χ2v) is 3.06. The Morgan fingerprint density at radius 1 is 1.57 bits per heavy atom.